The zero-order valence-corrected chi connectivity index (χ0v) is 22.5. The van der Waals surface area contributed by atoms with Crippen LogP contribution in [-0.2, 0) is 7.05 Å². The highest BCUT2D eigenvalue weighted by Gasteiger charge is 2.24. The van der Waals surface area contributed by atoms with Gasteiger partial charge in [-0.1, -0.05) is 24.3 Å². The first kappa shape index (κ1) is 24.2. The molecule has 0 radical (unpaired) electrons. The van der Waals surface area contributed by atoms with E-state index < -0.39 is 0 Å². The van der Waals surface area contributed by atoms with E-state index in [9.17, 15) is 10.2 Å². The summed E-state index contributed by atoms with van der Waals surface area (Å²) in [6.45, 7) is 0.555. The molecule has 2 aliphatic heterocycles. The van der Waals surface area contributed by atoms with Gasteiger partial charge in [0.25, 0.3) is 0 Å². The molecule has 0 bridgehead atoms. The minimum Gasteiger partial charge on any atom is -0.508 e. The molecule has 7 aromatic rings. The predicted molar refractivity (Wildman–Crippen MR) is 157 cm³/mol. The van der Waals surface area contributed by atoms with Crippen molar-refractivity contribution < 1.29 is 38.1 Å². The lowest BCUT2D eigenvalue weighted by Gasteiger charge is -2.08. The van der Waals surface area contributed by atoms with Crippen LogP contribution in [0.2, 0.25) is 0 Å². The number of phenols is 2. The fourth-order valence-electron chi connectivity index (χ4n) is 5.75. The largest absolute Gasteiger partial charge is 0.508 e. The summed E-state index contributed by atoms with van der Waals surface area (Å²) in [5, 5.41) is 25.6. The number of aromatic nitrogens is 1. The van der Waals surface area contributed by atoms with Crippen molar-refractivity contribution in [2.45, 2.75) is 0 Å². The van der Waals surface area contributed by atoms with Crippen molar-refractivity contribution in [1.29, 1.82) is 0 Å². The van der Waals surface area contributed by atoms with Gasteiger partial charge in [-0.3, -0.25) is 0 Å². The molecule has 0 saturated heterocycles. The Morgan fingerprint density at radius 1 is 0.643 bits per heavy atom. The first-order valence-corrected chi connectivity index (χ1v) is 13.4. The molecule has 2 aliphatic rings. The van der Waals surface area contributed by atoms with Crippen molar-refractivity contribution in [3.05, 3.63) is 91.1 Å². The monoisotopic (exact) mass is 558 g/mol. The van der Waals surface area contributed by atoms with Crippen LogP contribution in [0, 0.1) is 0 Å². The van der Waals surface area contributed by atoms with Gasteiger partial charge in [0.1, 0.15) is 29.9 Å². The van der Waals surface area contributed by atoms with Gasteiger partial charge in [0, 0.05) is 16.8 Å². The minimum atomic E-state index is 0.00376. The molecule has 8 nitrogen and oxygen atoms in total. The number of ether oxygens (including phenoxy) is 4. The Morgan fingerprint density at radius 2 is 1.43 bits per heavy atom. The van der Waals surface area contributed by atoms with E-state index in [4.69, 9.17) is 23.4 Å². The second-order valence-corrected chi connectivity index (χ2v) is 10.2. The van der Waals surface area contributed by atoms with E-state index in [0.717, 1.165) is 61.0 Å². The molecule has 5 aromatic carbocycles. The van der Waals surface area contributed by atoms with Gasteiger partial charge in [0.15, 0.2) is 29.2 Å². The maximum atomic E-state index is 9.75. The van der Waals surface area contributed by atoms with Crippen LogP contribution in [0.25, 0.3) is 54.7 Å². The Kier molecular flexibility index (Phi) is 5.30. The van der Waals surface area contributed by atoms with Crippen molar-refractivity contribution in [2.24, 2.45) is 7.05 Å². The SMILES string of the molecule is C[n+]1cc2c3c(ccc2c2ccc4cc5c(cc4c21)OCO5)OCO3.Oc1ccc(-c2cc3ccccc3o2)c(O)c1. The number of phenolic OH excluding ortho intramolecular Hbond substituents is 2. The van der Waals surface area contributed by atoms with Crippen LogP contribution in [0.1, 0.15) is 0 Å². The minimum absolute atomic E-state index is 0.00376. The van der Waals surface area contributed by atoms with Crippen LogP contribution < -0.4 is 23.5 Å². The first-order valence-electron chi connectivity index (χ1n) is 13.4. The van der Waals surface area contributed by atoms with Crippen LogP contribution in [-0.4, -0.2) is 23.8 Å². The molecule has 8 heteroatoms. The number of benzene rings is 5. The number of hydrogen-bond acceptors (Lipinski definition) is 7. The molecule has 2 N–H and O–H groups in total. The number of aryl methyl sites for hydroxylation is 1. The van der Waals surface area contributed by atoms with E-state index >= 15 is 0 Å². The molecule has 42 heavy (non-hydrogen) atoms. The zero-order valence-electron chi connectivity index (χ0n) is 22.5. The lowest BCUT2D eigenvalue weighted by molar-refractivity contribution is -0.642. The Balaban J connectivity index is 0.000000137. The fourth-order valence-corrected chi connectivity index (χ4v) is 5.75. The summed E-state index contributed by atoms with van der Waals surface area (Å²) in [5.74, 6) is 3.84. The average molecular weight is 559 g/mol. The number of hydrogen-bond donors (Lipinski definition) is 2. The Bertz CT molecular complexity index is 2170. The summed E-state index contributed by atoms with van der Waals surface area (Å²) in [4.78, 5) is 0. The molecule has 0 spiro atoms. The second-order valence-electron chi connectivity index (χ2n) is 10.2. The summed E-state index contributed by atoms with van der Waals surface area (Å²) < 4.78 is 30.1. The Morgan fingerprint density at radius 3 is 2.29 bits per heavy atom. The summed E-state index contributed by atoms with van der Waals surface area (Å²) in [5.41, 5.74) is 2.50. The third-order valence-corrected chi connectivity index (χ3v) is 7.70. The van der Waals surface area contributed by atoms with Crippen molar-refractivity contribution in [2.75, 3.05) is 13.6 Å². The van der Waals surface area contributed by atoms with Crippen LogP contribution in [0.5, 0.6) is 34.5 Å². The standard InChI is InChI=1S/C20H14NO4.C14H10O3/c1-21-8-15-12(4-5-16-20(15)25-10-22-16)13-3-2-11-6-17-18(24-9-23-17)7-14(11)19(13)21;15-10-5-6-11(12(16)8-10)14-7-9-3-1-2-4-13(9)17-14/h2-8H,9-10H2,1H3;1-8,15-16H/q+1;. The normalized spacial score (nSPS) is 13.2. The van der Waals surface area contributed by atoms with E-state index in [1.165, 1.54) is 17.5 Å². The molecule has 0 unspecified atom stereocenters. The molecular formula is C34H24NO7+. The first-order chi connectivity index (χ1) is 20.5. The highest BCUT2D eigenvalue weighted by molar-refractivity contribution is 6.15. The van der Waals surface area contributed by atoms with Gasteiger partial charge < -0.3 is 33.6 Å². The molecule has 4 heterocycles. The number of rotatable bonds is 1. The van der Waals surface area contributed by atoms with Crippen LogP contribution >= 0.6 is 0 Å². The van der Waals surface area contributed by atoms with Crippen LogP contribution in [0.3, 0.4) is 0 Å². The molecule has 2 aromatic heterocycles. The van der Waals surface area contributed by atoms with Gasteiger partial charge in [-0.05, 0) is 60.0 Å². The molecule has 0 fully saturated rings. The van der Waals surface area contributed by atoms with Crippen molar-refractivity contribution in [1.82, 2.24) is 0 Å². The summed E-state index contributed by atoms with van der Waals surface area (Å²) in [6, 6.07) is 26.4. The van der Waals surface area contributed by atoms with Crippen LogP contribution in [0.15, 0.2) is 95.5 Å². The topological polar surface area (TPSA) is 94.4 Å². The number of pyridine rings is 1. The lowest BCUT2D eigenvalue weighted by Crippen LogP contribution is -2.28. The van der Waals surface area contributed by atoms with Crippen molar-refractivity contribution in [3.63, 3.8) is 0 Å². The molecular weight excluding hydrogens is 534 g/mol. The van der Waals surface area contributed by atoms with Gasteiger partial charge in [0.05, 0.1) is 21.7 Å². The number of fused-ring (bicyclic) bond motifs is 9. The molecule has 0 atom stereocenters. The smallest absolute Gasteiger partial charge is 0.231 e. The van der Waals surface area contributed by atoms with E-state index in [-0.39, 0.29) is 25.1 Å². The average Bonchev–Trinajstić information content (AvgIpc) is 3.75. The summed E-state index contributed by atoms with van der Waals surface area (Å²) in [6.07, 6.45) is 2.11. The van der Waals surface area contributed by atoms with Crippen LogP contribution in [0.4, 0.5) is 0 Å². The molecule has 206 valence electrons. The Hall–Kier alpha value is -5.63. The van der Waals surface area contributed by atoms with Gasteiger partial charge in [-0.2, -0.15) is 4.57 Å². The lowest BCUT2D eigenvalue weighted by atomic mass is 10.00. The molecule has 0 amide bonds. The van der Waals surface area contributed by atoms with E-state index in [2.05, 4.69) is 42.1 Å². The second kappa shape index (κ2) is 9.21. The van der Waals surface area contributed by atoms with E-state index in [1.807, 2.05) is 42.5 Å². The molecule has 0 saturated carbocycles. The number of aromatic hydroxyl groups is 2. The summed E-state index contributed by atoms with van der Waals surface area (Å²) in [7, 11) is 2.06. The maximum Gasteiger partial charge on any atom is 0.231 e. The third-order valence-electron chi connectivity index (χ3n) is 7.70. The maximum absolute atomic E-state index is 9.75. The number of para-hydroxylation sites is 1. The van der Waals surface area contributed by atoms with Gasteiger partial charge >= 0.3 is 0 Å². The van der Waals surface area contributed by atoms with Gasteiger partial charge in [-0.25, -0.2) is 0 Å². The zero-order chi connectivity index (χ0) is 28.4. The van der Waals surface area contributed by atoms with E-state index in [0.29, 0.717) is 11.3 Å². The summed E-state index contributed by atoms with van der Waals surface area (Å²) >= 11 is 0. The van der Waals surface area contributed by atoms with Crippen molar-refractivity contribution in [3.8, 4) is 45.8 Å². The number of furan rings is 1. The highest BCUT2D eigenvalue weighted by atomic mass is 16.7. The predicted octanol–water partition coefficient (Wildman–Crippen LogP) is 6.94. The van der Waals surface area contributed by atoms with E-state index in [1.54, 1.807) is 6.07 Å². The van der Waals surface area contributed by atoms with Crippen molar-refractivity contribution >= 4 is 43.4 Å². The fraction of sp³-hybridized carbons (Fsp3) is 0.0882. The molecule has 9 rings (SSSR count). The Labute approximate surface area is 239 Å². The third kappa shape index (κ3) is 3.80. The van der Waals surface area contributed by atoms with Gasteiger partial charge in [-0.15, -0.1) is 0 Å². The highest BCUT2D eigenvalue weighted by Crippen LogP contribution is 2.43. The number of nitrogens with zero attached hydrogens (tertiary/aromatic N) is 1. The molecule has 0 aliphatic carbocycles. The van der Waals surface area contributed by atoms with Gasteiger partial charge in [0.2, 0.25) is 19.1 Å². The quantitative estimate of drug-likeness (QED) is 0.167.